The van der Waals surface area contributed by atoms with E-state index in [1.807, 2.05) is 18.2 Å². The molecule has 0 aliphatic heterocycles. The zero-order valence-corrected chi connectivity index (χ0v) is 23.8. The Labute approximate surface area is 231 Å². The summed E-state index contributed by atoms with van der Waals surface area (Å²) in [5.41, 5.74) is 2.83. The molecule has 5 heteroatoms. The standard InChI is InChI=1S/C32H31BrN2OS/c1-35(2)19-18-32(36,28-15-9-13-22-10-7-8-14-26(22)28)30(23-11-5-4-6-12-23)27-21-24-20-25(33)16-17-29(24)34-31(27)37-3/h4-17,20-21,30,36H,18-19H2,1-3H3/t30-,32-/m1/s1. The Bertz CT molecular complexity index is 1530. The second-order valence-corrected chi connectivity index (χ2v) is 11.5. The molecule has 1 N–H and O–H groups in total. The van der Waals surface area contributed by atoms with Crippen molar-refractivity contribution in [3.05, 3.63) is 118 Å². The van der Waals surface area contributed by atoms with E-state index < -0.39 is 5.60 Å². The van der Waals surface area contributed by atoms with E-state index in [0.717, 1.165) is 54.4 Å². The van der Waals surface area contributed by atoms with Crippen molar-refractivity contribution in [1.29, 1.82) is 0 Å². The van der Waals surface area contributed by atoms with Crippen molar-refractivity contribution in [1.82, 2.24) is 9.88 Å². The third kappa shape index (κ3) is 5.19. The highest BCUT2D eigenvalue weighted by Gasteiger charge is 2.42. The normalized spacial score (nSPS) is 14.2. The van der Waals surface area contributed by atoms with E-state index >= 15 is 0 Å². The first-order chi connectivity index (χ1) is 17.9. The maximum absolute atomic E-state index is 13.1. The molecule has 0 saturated carbocycles. The highest BCUT2D eigenvalue weighted by atomic mass is 79.9. The average Bonchev–Trinajstić information content (AvgIpc) is 2.92. The highest BCUT2D eigenvalue weighted by Crippen LogP contribution is 2.48. The van der Waals surface area contributed by atoms with Crippen molar-refractivity contribution < 1.29 is 5.11 Å². The predicted molar refractivity (Wildman–Crippen MR) is 161 cm³/mol. The number of aliphatic hydroxyl groups is 1. The molecule has 3 nitrogen and oxygen atoms in total. The number of nitrogens with zero attached hydrogens (tertiary/aromatic N) is 2. The van der Waals surface area contributed by atoms with Gasteiger partial charge in [-0.1, -0.05) is 88.7 Å². The second-order valence-electron chi connectivity index (χ2n) is 9.77. The van der Waals surface area contributed by atoms with Crippen LogP contribution in [0.4, 0.5) is 0 Å². The van der Waals surface area contributed by atoms with Gasteiger partial charge in [0.05, 0.1) is 5.52 Å². The lowest BCUT2D eigenvalue weighted by atomic mass is 9.71. The van der Waals surface area contributed by atoms with E-state index in [0.29, 0.717) is 6.42 Å². The quantitative estimate of drug-likeness (QED) is 0.193. The SMILES string of the molecule is CSc1nc2ccc(Br)cc2cc1[C@@H](c1ccccc1)[C@@](O)(CCN(C)C)c1cccc2ccccc12. The molecule has 37 heavy (non-hydrogen) atoms. The topological polar surface area (TPSA) is 36.4 Å². The van der Waals surface area contributed by atoms with E-state index in [4.69, 9.17) is 4.98 Å². The first-order valence-corrected chi connectivity index (χ1v) is 14.5. The molecule has 1 heterocycles. The summed E-state index contributed by atoms with van der Waals surface area (Å²) in [4.78, 5) is 7.21. The number of aromatic nitrogens is 1. The molecule has 0 aliphatic carbocycles. The van der Waals surface area contributed by atoms with Gasteiger partial charge in [-0.15, -0.1) is 11.8 Å². The monoisotopic (exact) mass is 570 g/mol. The van der Waals surface area contributed by atoms with Crippen molar-refractivity contribution in [3.63, 3.8) is 0 Å². The lowest BCUT2D eigenvalue weighted by Gasteiger charge is -2.39. The minimum Gasteiger partial charge on any atom is -0.384 e. The van der Waals surface area contributed by atoms with Gasteiger partial charge >= 0.3 is 0 Å². The minimum absolute atomic E-state index is 0.321. The van der Waals surface area contributed by atoms with Crippen molar-refractivity contribution in [2.24, 2.45) is 0 Å². The van der Waals surface area contributed by atoms with Crippen LogP contribution in [0.2, 0.25) is 0 Å². The summed E-state index contributed by atoms with van der Waals surface area (Å²) in [5, 5.41) is 17.3. The minimum atomic E-state index is -1.18. The lowest BCUT2D eigenvalue weighted by Crippen LogP contribution is -2.38. The van der Waals surface area contributed by atoms with Gasteiger partial charge < -0.3 is 10.0 Å². The lowest BCUT2D eigenvalue weighted by molar-refractivity contribution is 0.00512. The first kappa shape index (κ1) is 25.9. The van der Waals surface area contributed by atoms with Crippen LogP contribution in [0.15, 0.2) is 107 Å². The summed E-state index contributed by atoms with van der Waals surface area (Å²) in [5.74, 6) is -0.321. The maximum Gasteiger partial charge on any atom is 0.102 e. The van der Waals surface area contributed by atoms with Gasteiger partial charge in [-0.2, -0.15) is 0 Å². The zero-order chi connectivity index (χ0) is 26.0. The number of pyridine rings is 1. The Hall–Kier alpha value is -2.70. The Balaban J connectivity index is 1.84. The first-order valence-electron chi connectivity index (χ1n) is 12.4. The van der Waals surface area contributed by atoms with Crippen LogP contribution in [0, 0.1) is 0 Å². The molecule has 0 bridgehead atoms. The Kier molecular flexibility index (Phi) is 7.68. The van der Waals surface area contributed by atoms with E-state index in [1.54, 1.807) is 11.8 Å². The van der Waals surface area contributed by atoms with Gasteiger partial charge in [0.1, 0.15) is 10.6 Å². The van der Waals surface area contributed by atoms with Crippen LogP contribution >= 0.6 is 27.7 Å². The van der Waals surface area contributed by atoms with Gasteiger partial charge in [-0.25, -0.2) is 4.98 Å². The number of hydrogen-bond acceptors (Lipinski definition) is 4. The van der Waals surface area contributed by atoms with Crippen molar-refractivity contribution in [2.45, 2.75) is 23.0 Å². The fourth-order valence-electron chi connectivity index (χ4n) is 5.31. The van der Waals surface area contributed by atoms with Gasteiger partial charge in [0, 0.05) is 22.3 Å². The van der Waals surface area contributed by atoms with E-state index in [-0.39, 0.29) is 5.92 Å². The summed E-state index contributed by atoms with van der Waals surface area (Å²) in [7, 11) is 4.12. The third-order valence-electron chi connectivity index (χ3n) is 7.08. The van der Waals surface area contributed by atoms with Crippen LogP contribution in [0.1, 0.15) is 29.0 Å². The number of fused-ring (bicyclic) bond motifs is 2. The van der Waals surface area contributed by atoms with Gasteiger partial charge in [0.25, 0.3) is 0 Å². The molecule has 2 atom stereocenters. The van der Waals surface area contributed by atoms with E-state index in [2.05, 4.69) is 120 Å². The van der Waals surface area contributed by atoms with Crippen LogP contribution in [0.5, 0.6) is 0 Å². The summed E-state index contributed by atoms with van der Waals surface area (Å²) < 4.78 is 1.01. The maximum atomic E-state index is 13.1. The number of benzene rings is 4. The third-order valence-corrected chi connectivity index (χ3v) is 8.29. The van der Waals surface area contributed by atoms with Crippen LogP contribution in [-0.2, 0) is 5.60 Å². The van der Waals surface area contributed by atoms with Crippen LogP contribution in [0.25, 0.3) is 21.7 Å². The number of hydrogen-bond donors (Lipinski definition) is 1. The molecule has 5 aromatic rings. The zero-order valence-electron chi connectivity index (χ0n) is 21.4. The highest BCUT2D eigenvalue weighted by molar-refractivity contribution is 9.10. The van der Waals surface area contributed by atoms with E-state index in [9.17, 15) is 5.11 Å². The van der Waals surface area contributed by atoms with Crippen LogP contribution in [0.3, 0.4) is 0 Å². The number of halogens is 1. The predicted octanol–water partition coefficient (Wildman–Crippen LogP) is 7.84. The molecule has 188 valence electrons. The van der Waals surface area contributed by atoms with Crippen LogP contribution in [-0.4, -0.2) is 41.9 Å². The average molecular weight is 572 g/mol. The van der Waals surface area contributed by atoms with Gasteiger partial charge in [-0.05, 0) is 78.5 Å². The molecular formula is C32H31BrN2OS. The summed E-state index contributed by atoms with van der Waals surface area (Å²) in [6.45, 7) is 0.740. The molecule has 5 rings (SSSR count). The molecule has 0 aliphatic rings. The summed E-state index contributed by atoms with van der Waals surface area (Å²) in [6.07, 6.45) is 2.63. The second kappa shape index (κ2) is 11.0. The fraction of sp³-hybridized carbons (Fsp3) is 0.219. The Morgan fingerprint density at radius 3 is 2.38 bits per heavy atom. The fourth-order valence-corrected chi connectivity index (χ4v) is 6.29. The van der Waals surface area contributed by atoms with Gasteiger partial charge in [0.15, 0.2) is 0 Å². The molecule has 0 spiro atoms. The number of rotatable bonds is 8. The summed E-state index contributed by atoms with van der Waals surface area (Å²) >= 11 is 5.26. The smallest absolute Gasteiger partial charge is 0.102 e. The molecule has 0 saturated heterocycles. The van der Waals surface area contributed by atoms with Crippen LogP contribution < -0.4 is 0 Å². The molecule has 4 aromatic carbocycles. The van der Waals surface area contributed by atoms with Gasteiger partial charge in [-0.3, -0.25) is 0 Å². The number of thioether (sulfide) groups is 1. The molecule has 0 amide bonds. The van der Waals surface area contributed by atoms with Crippen molar-refractivity contribution in [3.8, 4) is 0 Å². The molecule has 0 radical (unpaired) electrons. The molecular weight excluding hydrogens is 540 g/mol. The Morgan fingerprint density at radius 1 is 0.892 bits per heavy atom. The molecule has 0 unspecified atom stereocenters. The van der Waals surface area contributed by atoms with E-state index in [1.165, 1.54) is 0 Å². The van der Waals surface area contributed by atoms with Crippen molar-refractivity contribution in [2.75, 3.05) is 26.9 Å². The van der Waals surface area contributed by atoms with Gasteiger partial charge in [0.2, 0.25) is 0 Å². The Morgan fingerprint density at radius 2 is 1.62 bits per heavy atom. The van der Waals surface area contributed by atoms with Crippen molar-refractivity contribution >= 4 is 49.4 Å². The molecule has 0 fully saturated rings. The molecule has 1 aromatic heterocycles. The summed E-state index contributed by atoms with van der Waals surface area (Å²) in [6, 6.07) is 33.4. The largest absolute Gasteiger partial charge is 0.384 e.